The van der Waals surface area contributed by atoms with Gasteiger partial charge in [0.25, 0.3) is 5.91 Å². The molecular formula is C43H58N4O6S. The molecule has 0 unspecified atom stereocenters. The van der Waals surface area contributed by atoms with Crippen molar-refractivity contribution in [3.05, 3.63) is 53.1 Å². The number of carbonyl (C=O) groups is 2. The van der Waals surface area contributed by atoms with Crippen LogP contribution < -0.4 is 9.46 Å². The molecule has 1 N–H and O–H groups in total. The van der Waals surface area contributed by atoms with Gasteiger partial charge in [0.1, 0.15) is 5.75 Å². The normalized spacial score (nSPS) is 25.9. The zero-order valence-corrected chi connectivity index (χ0v) is 33.4. The Kier molecular flexibility index (Phi) is 10.4. The molecule has 11 heteroatoms. The SMILES string of the molecule is CCOCCN1C[C@H]2CC[C@@H](C1)CN(C(=O)[C@]13C[C@H]1Cc1cc(OC)ccc1-c1c(C4CCCCC4)c4ccc(C(=O)NS(=O)(=O)C(C)C)cc4n1C3)C2. The molecule has 2 amide bonds. The fourth-order valence-corrected chi connectivity index (χ4v) is 11.0. The quantitative estimate of drug-likeness (QED) is 0.232. The molecule has 5 aliphatic rings. The van der Waals surface area contributed by atoms with Crippen molar-refractivity contribution in [1.29, 1.82) is 0 Å². The number of rotatable bonds is 10. The molecule has 0 radical (unpaired) electrons. The third kappa shape index (κ3) is 6.98. The summed E-state index contributed by atoms with van der Waals surface area (Å²) in [5, 5.41) is 0.360. The summed E-state index contributed by atoms with van der Waals surface area (Å²) in [4.78, 5) is 33.6. The summed E-state index contributed by atoms with van der Waals surface area (Å²) in [6, 6.07) is 12.1. The smallest absolute Gasteiger partial charge is 0.264 e. The van der Waals surface area contributed by atoms with Gasteiger partial charge >= 0.3 is 0 Å². The predicted octanol–water partition coefficient (Wildman–Crippen LogP) is 6.60. The number of carbonyl (C=O) groups excluding carboxylic acids is 2. The van der Waals surface area contributed by atoms with Crippen LogP contribution in [0.1, 0.15) is 99.5 Å². The van der Waals surface area contributed by atoms with Crippen molar-refractivity contribution in [3.8, 4) is 17.0 Å². The molecule has 1 aromatic heterocycles. The maximum atomic E-state index is 15.3. The highest BCUT2D eigenvalue weighted by molar-refractivity contribution is 7.90. The third-order valence-electron chi connectivity index (χ3n) is 13.4. The van der Waals surface area contributed by atoms with Crippen LogP contribution in [0.15, 0.2) is 36.4 Å². The van der Waals surface area contributed by atoms with Crippen molar-refractivity contribution in [2.75, 3.05) is 53.0 Å². The minimum atomic E-state index is -3.82. The highest BCUT2D eigenvalue weighted by atomic mass is 32.2. The Hall–Kier alpha value is -3.41. The first-order chi connectivity index (χ1) is 26.0. The van der Waals surface area contributed by atoms with Crippen LogP contribution in [0.2, 0.25) is 0 Å². The van der Waals surface area contributed by atoms with Gasteiger partial charge in [-0.1, -0.05) is 25.3 Å². The number of fused-ring (bicyclic) bond motifs is 9. The van der Waals surface area contributed by atoms with Crippen LogP contribution in [-0.2, 0) is 32.5 Å². The molecule has 4 heterocycles. The van der Waals surface area contributed by atoms with E-state index in [1.165, 1.54) is 36.0 Å². The topological polar surface area (TPSA) is 110 Å². The molecule has 2 saturated carbocycles. The average Bonchev–Trinajstić information content (AvgIpc) is 3.84. The van der Waals surface area contributed by atoms with Gasteiger partial charge in [0.2, 0.25) is 15.9 Å². The lowest BCUT2D eigenvalue weighted by Gasteiger charge is -2.37. The van der Waals surface area contributed by atoms with Gasteiger partial charge in [-0.25, -0.2) is 13.1 Å². The first-order valence-corrected chi connectivity index (χ1v) is 22.0. The maximum absolute atomic E-state index is 15.3. The van der Waals surface area contributed by atoms with E-state index in [9.17, 15) is 13.2 Å². The van der Waals surface area contributed by atoms with Gasteiger partial charge in [0.15, 0.2) is 0 Å². The number of sulfonamides is 1. The Morgan fingerprint density at radius 3 is 2.39 bits per heavy atom. The van der Waals surface area contributed by atoms with Gasteiger partial charge in [-0.2, -0.15) is 0 Å². The van der Waals surface area contributed by atoms with Crippen molar-refractivity contribution in [3.63, 3.8) is 0 Å². The second-order valence-corrected chi connectivity index (χ2v) is 19.4. The summed E-state index contributed by atoms with van der Waals surface area (Å²) in [5.74, 6) is 1.89. The van der Waals surface area contributed by atoms with Gasteiger partial charge in [-0.15, -0.1) is 0 Å². The van der Waals surface area contributed by atoms with Gasteiger partial charge in [-0.3, -0.25) is 9.59 Å². The van der Waals surface area contributed by atoms with E-state index < -0.39 is 26.6 Å². The minimum Gasteiger partial charge on any atom is -0.497 e. The van der Waals surface area contributed by atoms with E-state index in [0.29, 0.717) is 29.9 Å². The van der Waals surface area contributed by atoms with E-state index in [2.05, 4.69) is 31.2 Å². The molecule has 4 fully saturated rings. The fraction of sp³-hybridized carbons (Fsp3) is 0.628. The Balaban J connectivity index is 1.23. The molecule has 3 aromatic rings. The summed E-state index contributed by atoms with van der Waals surface area (Å²) >= 11 is 0. The van der Waals surface area contributed by atoms with Crippen LogP contribution in [0.3, 0.4) is 0 Å². The molecule has 2 aliphatic carbocycles. The largest absolute Gasteiger partial charge is 0.497 e. The summed E-state index contributed by atoms with van der Waals surface area (Å²) in [5.41, 5.74) is 5.48. The Morgan fingerprint density at radius 2 is 1.70 bits per heavy atom. The molecule has 2 aromatic carbocycles. The number of ether oxygens (including phenoxy) is 2. The van der Waals surface area contributed by atoms with Crippen molar-refractivity contribution in [2.24, 2.45) is 23.2 Å². The van der Waals surface area contributed by atoms with Crippen LogP contribution in [0, 0.1) is 23.2 Å². The number of nitrogens with zero attached hydrogens (tertiary/aromatic N) is 3. The van der Waals surface area contributed by atoms with Gasteiger partial charge in [0.05, 0.1) is 30.1 Å². The standard InChI is InChI=1S/C43H58N4O6S/c1-5-53-18-17-45-23-29-11-12-30(24-45)26-46(25-29)42(49)43-22-34(43)19-33-20-35(52-4)14-16-36(33)40-39(31-9-7-6-8-10-31)37-15-13-32(21-38(37)47(40)27-43)41(48)44-54(50,51)28(2)3/h13-16,20-21,28-31,34H,5-12,17-19,22-27H2,1-4H3,(H,44,48)/t29-,30+,34-,43+/m1/s1. The number of aromatic nitrogens is 1. The third-order valence-corrected chi connectivity index (χ3v) is 15.1. The zero-order valence-electron chi connectivity index (χ0n) is 32.6. The lowest BCUT2D eigenvalue weighted by atomic mass is 9.80. The fourth-order valence-electron chi connectivity index (χ4n) is 10.4. The summed E-state index contributed by atoms with van der Waals surface area (Å²) in [6.45, 7) is 11.7. The van der Waals surface area contributed by atoms with E-state index in [-0.39, 0.29) is 11.8 Å². The molecule has 8 rings (SSSR count). The average molecular weight is 759 g/mol. The van der Waals surface area contributed by atoms with E-state index in [1.54, 1.807) is 27.0 Å². The van der Waals surface area contributed by atoms with Crippen LogP contribution in [-0.4, -0.2) is 92.9 Å². The number of hydrogen-bond acceptors (Lipinski definition) is 7. The molecule has 292 valence electrons. The molecule has 3 aliphatic heterocycles. The van der Waals surface area contributed by atoms with Crippen molar-refractivity contribution in [2.45, 2.75) is 96.3 Å². The number of hydrogen-bond donors (Lipinski definition) is 1. The Labute approximate surface area is 321 Å². The summed E-state index contributed by atoms with van der Waals surface area (Å²) in [6.07, 6.45) is 9.70. The summed E-state index contributed by atoms with van der Waals surface area (Å²) < 4.78 is 41.7. The van der Waals surface area contributed by atoms with Gasteiger partial charge in [0, 0.05) is 67.9 Å². The van der Waals surface area contributed by atoms with Gasteiger partial charge < -0.3 is 23.8 Å². The second kappa shape index (κ2) is 14.9. The summed E-state index contributed by atoms with van der Waals surface area (Å²) in [7, 11) is -2.11. The molecule has 2 bridgehead atoms. The number of amides is 2. The highest BCUT2D eigenvalue weighted by Crippen LogP contribution is 2.60. The highest BCUT2D eigenvalue weighted by Gasteiger charge is 2.62. The Morgan fingerprint density at radius 1 is 0.963 bits per heavy atom. The van der Waals surface area contributed by atoms with Crippen molar-refractivity contribution < 1.29 is 27.5 Å². The second-order valence-electron chi connectivity index (χ2n) is 17.2. The molecule has 54 heavy (non-hydrogen) atoms. The van der Waals surface area contributed by atoms with E-state index in [1.807, 2.05) is 25.1 Å². The first kappa shape index (κ1) is 37.5. The Bertz CT molecular complexity index is 2000. The van der Waals surface area contributed by atoms with E-state index in [0.717, 1.165) is 107 Å². The number of nitrogens with one attached hydrogen (secondary N) is 1. The van der Waals surface area contributed by atoms with Crippen molar-refractivity contribution >= 4 is 32.7 Å². The predicted molar refractivity (Wildman–Crippen MR) is 211 cm³/mol. The lowest BCUT2D eigenvalue weighted by Crippen LogP contribution is -2.49. The number of likely N-dealkylation sites (tertiary alicyclic amines) is 2. The maximum Gasteiger partial charge on any atom is 0.264 e. The molecule has 2 saturated heterocycles. The van der Waals surface area contributed by atoms with Crippen LogP contribution in [0.5, 0.6) is 5.75 Å². The number of benzene rings is 2. The van der Waals surface area contributed by atoms with E-state index in [4.69, 9.17) is 9.47 Å². The monoisotopic (exact) mass is 758 g/mol. The van der Waals surface area contributed by atoms with Crippen LogP contribution >= 0.6 is 0 Å². The first-order valence-electron chi connectivity index (χ1n) is 20.5. The molecular weight excluding hydrogens is 701 g/mol. The minimum absolute atomic E-state index is 0.188. The molecule has 10 nitrogen and oxygen atoms in total. The van der Waals surface area contributed by atoms with E-state index >= 15 is 4.79 Å². The lowest BCUT2D eigenvalue weighted by molar-refractivity contribution is -0.139. The number of methoxy groups -OCH3 is 1. The van der Waals surface area contributed by atoms with Crippen LogP contribution in [0.25, 0.3) is 22.2 Å². The van der Waals surface area contributed by atoms with Crippen LogP contribution in [0.4, 0.5) is 0 Å². The molecule has 4 atom stereocenters. The zero-order chi connectivity index (χ0) is 37.8. The van der Waals surface area contributed by atoms with Crippen molar-refractivity contribution in [1.82, 2.24) is 19.1 Å². The van der Waals surface area contributed by atoms with Gasteiger partial charge in [-0.05, 0) is 124 Å². The molecule has 0 spiro atoms.